The van der Waals surface area contributed by atoms with Crippen LogP contribution >= 0.6 is 11.6 Å². The van der Waals surface area contributed by atoms with Gasteiger partial charge in [0, 0.05) is 5.02 Å². The third-order valence-corrected chi connectivity index (χ3v) is 4.32. The smallest absolute Gasteiger partial charge is 0.249 e. The van der Waals surface area contributed by atoms with Crippen molar-refractivity contribution in [1.29, 1.82) is 0 Å². The van der Waals surface area contributed by atoms with E-state index in [9.17, 15) is 14.0 Å². The number of amides is 2. The zero-order valence-electron chi connectivity index (χ0n) is 16.3. The minimum atomic E-state index is -0.639. The predicted molar refractivity (Wildman–Crippen MR) is 118 cm³/mol. The predicted octanol–water partition coefficient (Wildman–Crippen LogP) is 4.54. The van der Waals surface area contributed by atoms with Gasteiger partial charge < -0.3 is 10.1 Å². The summed E-state index contributed by atoms with van der Waals surface area (Å²) in [6, 6.07) is 20.2. The van der Waals surface area contributed by atoms with Crippen molar-refractivity contribution in [3.8, 4) is 5.75 Å². The summed E-state index contributed by atoms with van der Waals surface area (Å²) in [6.45, 7) is 0.412. The van der Waals surface area contributed by atoms with E-state index in [2.05, 4.69) is 15.8 Å². The first-order valence-electron chi connectivity index (χ1n) is 9.33. The second kappa shape index (κ2) is 10.9. The molecule has 3 aromatic rings. The van der Waals surface area contributed by atoms with Crippen molar-refractivity contribution in [3.05, 3.63) is 94.8 Å². The monoisotopic (exact) mass is 439 g/mol. The van der Waals surface area contributed by atoms with Gasteiger partial charge in [0.1, 0.15) is 24.6 Å². The highest BCUT2D eigenvalue weighted by Gasteiger charge is 2.10. The van der Waals surface area contributed by atoms with Crippen molar-refractivity contribution in [2.24, 2.45) is 5.10 Å². The number of ether oxygens (including phenoxy) is 1. The zero-order valence-corrected chi connectivity index (χ0v) is 17.1. The van der Waals surface area contributed by atoms with E-state index in [1.807, 2.05) is 12.1 Å². The lowest BCUT2D eigenvalue weighted by atomic mass is 10.2. The number of halogens is 2. The Labute approximate surface area is 183 Å². The molecule has 0 radical (unpaired) electrons. The zero-order chi connectivity index (χ0) is 22.1. The Morgan fingerprint density at radius 3 is 2.39 bits per heavy atom. The van der Waals surface area contributed by atoms with Gasteiger partial charge in [-0.25, -0.2) is 9.82 Å². The normalized spacial score (nSPS) is 10.6. The van der Waals surface area contributed by atoms with Gasteiger partial charge in [0.25, 0.3) is 0 Å². The van der Waals surface area contributed by atoms with Gasteiger partial charge in [-0.2, -0.15) is 5.10 Å². The van der Waals surface area contributed by atoms with Crippen molar-refractivity contribution in [1.82, 2.24) is 5.43 Å². The van der Waals surface area contributed by atoms with E-state index in [-0.39, 0.29) is 5.69 Å². The topological polar surface area (TPSA) is 79.8 Å². The largest absolute Gasteiger partial charge is 0.489 e. The molecule has 158 valence electrons. The van der Waals surface area contributed by atoms with Crippen LogP contribution in [0.1, 0.15) is 17.5 Å². The van der Waals surface area contributed by atoms with Gasteiger partial charge in [-0.05, 0) is 59.7 Å². The van der Waals surface area contributed by atoms with Gasteiger partial charge in [0.05, 0.1) is 11.9 Å². The fraction of sp³-hybridized carbons (Fsp3) is 0.0870. The van der Waals surface area contributed by atoms with Gasteiger partial charge in [-0.15, -0.1) is 0 Å². The molecule has 0 atom stereocenters. The Morgan fingerprint density at radius 2 is 1.68 bits per heavy atom. The molecule has 3 rings (SSSR count). The molecule has 2 amide bonds. The molecule has 0 saturated carbocycles. The van der Waals surface area contributed by atoms with Crippen LogP contribution in [0.2, 0.25) is 5.02 Å². The quantitative estimate of drug-likeness (QED) is 0.307. The molecule has 0 aliphatic carbocycles. The molecule has 2 N–H and O–H groups in total. The summed E-state index contributed by atoms with van der Waals surface area (Å²) in [4.78, 5) is 23.6. The SMILES string of the molecule is O=C(CC(=O)Nc1ccccc1F)NN=Cc1ccc(OCc2ccc(Cl)cc2)cc1. The van der Waals surface area contributed by atoms with Gasteiger partial charge in [0.2, 0.25) is 11.8 Å². The fourth-order valence-corrected chi connectivity index (χ4v) is 2.64. The second-order valence-electron chi connectivity index (χ2n) is 6.48. The minimum Gasteiger partial charge on any atom is -0.489 e. The number of hydrazone groups is 1. The standard InChI is InChI=1S/C23H19ClFN3O3/c24-18-9-5-17(6-10-18)15-31-19-11-7-16(8-12-19)14-26-28-23(30)13-22(29)27-21-4-2-1-3-20(21)25/h1-12,14H,13,15H2,(H,27,29)(H,28,30). The molecule has 3 aromatic carbocycles. The van der Waals surface area contributed by atoms with E-state index in [1.165, 1.54) is 24.4 Å². The molecule has 6 nitrogen and oxygen atoms in total. The third kappa shape index (κ3) is 7.24. The highest BCUT2D eigenvalue weighted by molar-refractivity contribution is 6.30. The molecule has 31 heavy (non-hydrogen) atoms. The first-order chi connectivity index (χ1) is 15.0. The highest BCUT2D eigenvalue weighted by atomic mass is 35.5. The van der Waals surface area contributed by atoms with Crippen molar-refractivity contribution >= 4 is 35.3 Å². The van der Waals surface area contributed by atoms with Crippen LogP contribution in [0.25, 0.3) is 0 Å². The summed E-state index contributed by atoms with van der Waals surface area (Å²) in [5, 5.41) is 6.83. The van der Waals surface area contributed by atoms with E-state index < -0.39 is 24.1 Å². The number of nitrogens with one attached hydrogen (secondary N) is 2. The van der Waals surface area contributed by atoms with Crippen LogP contribution in [0.15, 0.2) is 77.9 Å². The van der Waals surface area contributed by atoms with Crippen LogP contribution < -0.4 is 15.5 Å². The molecule has 0 fully saturated rings. The Hall–Kier alpha value is -3.71. The Kier molecular flexibility index (Phi) is 7.73. The number of hydrogen-bond acceptors (Lipinski definition) is 4. The van der Waals surface area contributed by atoms with E-state index in [0.717, 1.165) is 11.1 Å². The first kappa shape index (κ1) is 22.0. The lowest BCUT2D eigenvalue weighted by molar-refractivity contribution is -0.126. The molecule has 0 unspecified atom stereocenters. The number of nitrogens with zero attached hydrogens (tertiary/aromatic N) is 1. The minimum absolute atomic E-state index is 0.0159. The number of hydrogen-bond donors (Lipinski definition) is 2. The molecule has 0 heterocycles. The summed E-state index contributed by atoms with van der Waals surface area (Å²) >= 11 is 5.86. The molecular weight excluding hydrogens is 421 g/mol. The maximum atomic E-state index is 13.5. The van der Waals surface area contributed by atoms with Crippen molar-refractivity contribution in [2.45, 2.75) is 13.0 Å². The lowest BCUT2D eigenvalue weighted by Gasteiger charge is -2.06. The van der Waals surface area contributed by atoms with Crippen molar-refractivity contribution in [2.75, 3.05) is 5.32 Å². The number of carbonyl (C=O) groups is 2. The maximum absolute atomic E-state index is 13.5. The van der Waals surface area contributed by atoms with Gasteiger partial charge in [0.15, 0.2) is 0 Å². The molecule has 0 bridgehead atoms. The molecule has 0 aromatic heterocycles. The molecule has 0 aliphatic heterocycles. The van der Waals surface area contributed by atoms with Crippen LogP contribution in [-0.4, -0.2) is 18.0 Å². The van der Waals surface area contributed by atoms with Crippen LogP contribution in [-0.2, 0) is 16.2 Å². The first-order valence-corrected chi connectivity index (χ1v) is 9.71. The Morgan fingerprint density at radius 1 is 0.968 bits per heavy atom. The van der Waals surface area contributed by atoms with Crippen LogP contribution in [0.4, 0.5) is 10.1 Å². The average molecular weight is 440 g/mol. The summed E-state index contributed by atoms with van der Waals surface area (Å²) in [5.41, 5.74) is 4.01. The van der Waals surface area contributed by atoms with Gasteiger partial charge in [-0.3, -0.25) is 9.59 Å². The van der Waals surface area contributed by atoms with Crippen LogP contribution in [0, 0.1) is 5.82 Å². The summed E-state index contributed by atoms with van der Waals surface area (Å²) < 4.78 is 19.2. The number of para-hydroxylation sites is 1. The average Bonchev–Trinajstić information content (AvgIpc) is 2.76. The molecule has 8 heteroatoms. The lowest BCUT2D eigenvalue weighted by Crippen LogP contribution is -2.24. The van der Waals surface area contributed by atoms with E-state index in [4.69, 9.17) is 16.3 Å². The molecule has 0 spiro atoms. The third-order valence-electron chi connectivity index (χ3n) is 4.07. The molecular formula is C23H19ClFN3O3. The molecule has 0 aliphatic rings. The van der Waals surface area contributed by atoms with Gasteiger partial charge in [-0.1, -0.05) is 35.9 Å². The maximum Gasteiger partial charge on any atom is 0.249 e. The number of benzene rings is 3. The molecule has 0 saturated heterocycles. The number of carbonyl (C=O) groups excluding carboxylic acids is 2. The summed E-state index contributed by atoms with van der Waals surface area (Å²) in [5.74, 6) is -1.15. The van der Waals surface area contributed by atoms with E-state index in [1.54, 1.807) is 42.5 Å². The van der Waals surface area contributed by atoms with E-state index >= 15 is 0 Å². The van der Waals surface area contributed by atoms with Crippen molar-refractivity contribution in [3.63, 3.8) is 0 Å². The Balaban J connectivity index is 1.42. The number of anilines is 1. The van der Waals surface area contributed by atoms with Crippen LogP contribution in [0.5, 0.6) is 5.75 Å². The summed E-state index contributed by atoms with van der Waals surface area (Å²) in [6.07, 6.45) is 0.957. The van der Waals surface area contributed by atoms with Crippen LogP contribution in [0.3, 0.4) is 0 Å². The fourth-order valence-electron chi connectivity index (χ4n) is 2.52. The number of rotatable bonds is 8. The summed E-state index contributed by atoms with van der Waals surface area (Å²) in [7, 11) is 0. The Bertz CT molecular complexity index is 1070. The van der Waals surface area contributed by atoms with Crippen molar-refractivity contribution < 1.29 is 18.7 Å². The second-order valence-corrected chi connectivity index (χ2v) is 6.92. The van der Waals surface area contributed by atoms with E-state index in [0.29, 0.717) is 17.4 Å². The highest BCUT2D eigenvalue weighted by Crippen LogP contribution is 2.15. The van der Waals surface area contributed by atoms with Gasteiger partial charge >= 0.3 is 0 Å².